The van der Waals surface area contributed by atoms with Crippen LogP contribution < -0.4 is 4.74 Å². The normalized spacial score (nSPS) is 19.2. The van der Waals surface area contributed by atoms with Crippen molar-refractivity contribution in [3.8, 4) is 23.0 Å². The number of carbonyl (C=O) groups is 1. The van der Waals surface area contributed by atoms with Crippen LogP contribution in [0.5, 0.6) is 23.0 Å². The average molecular weight is 402 g/mol. The molecule has 3 atom stereocenters. The van der Waals surface area contributed by atoms with Crippen LogP contribution in [0.4, 0.5) is 0 Å². The van der Waals surface area contributed by atoms with Crippen LogP contribution in [0.2, 0.25) is 0 Å². The number of aliphatic hydroxyl groups excluding tert-OH is 1. The molecular weight excluding hydrogens is 376 g/mol. The predicted octanol–water partition coefficient (Wildman–Crippen LogP) is 3.59. The molecule has 7 heteroatoms. The summed E-state index contributed by atoms with van der Waals surface area (Å²) in [5.74, 6) is -2.13. The fourth-order valence-corrected chi connectivity index (χ4v) is 3.73. The number of carboxylic acids is 1. The van der Waals surface area contributed by atoms with Gasteiger partial charge in [0, 0.05) is 12.0 Å². The Hall–Kier alpha value is -2.93. The highest BCUT2D eigenvalue weighted by atomic mass is 16.5. The molecule has 0 aromatic heterocycles. The zero-order valence-corrected chi connectivity index (χ0v) is 16.2. The first-order chi connectivity index (χ1) is 13.8. The van der Waals surface area contributed by atoms with Gasteiger partial charge in [0.25, 0.3) is 0 Å². The number of ether oxygens (including phenoxy) is 1. The van der Waals surface area contributed by atoms with Crippen LogP contribution in [0.15, 0.2) is 30.3 Å². The molecule has 0 radical (unpaired) electrons. The van der Waals surface area contributed by atoms with Crippen LogP contribution in [0.25, 0.3) is 0 Å². The summed E-state index contributed by atoms with van der Waals surface area (Å²) in [5.41, 5.74) is 1.33. The van der Waals surface area contributed by atoms with Crippen molar-refractivity contribution in [1.82, 2.24) is 0 Å². The SMILES string of the molecule is CCCCC[C@@H](C(=O)O)c1cc(O)c2c(c1)OC(c1ccc(O)c(O)c1)[C@H](O)C2. The van der Waals surface area contributed by atoms with Gasteiger partial charge >= 0.3 is 5.97 Å². The van der Waals surface area contributed by atoms with Gasteiger partial charge in [0.1, 0.15) is 17.6 Å². The molecule has 2 aromatic carbocycles. The standard InChI is InChI=1S/C22H26O7/c1-2-3-4-5-14(22(27)28)13-9-17(24)15-11-19(26)21(29-20(15)10-13)12-6-7-16(23)18(25)8-12/h6-10,14,19,21,23-26H,2-5,11H2,1H3,(H,27,28)/t14-,19-,21?/m1/s1. The number of benzene rings is 2. The molecule has 3 rings (SSSR count). The lowest BCUT2D eigenvalue weighted by atomic mass is 9.88. The molecule has 7 nitrogen and oxygen atoms in total. The van der Waals surface area contributed by atoms with Gasteiger partial charge in [-0.3, -0.25) is 4.79 Å². The summed E-state index contributed by atoms with van der Waals surface area (Å²) in [6, 6.07) is 7.19. The van der Waals surface area contributed by atoms with Crippen LogP contribution in [-0.2, 0) is 11.2 Å². The molecule has 0 saturated heterocycles. The number of hydrogen-bond donors (Lipinski definition) is 5. The summed E-state index contributed by atoms with van der Waals surface area (Å²) in [5, 5.41) is 49.8. The van der Waals surface area contributed by atoms with Crippen molar-refractivity contribution in [2.24, 2.45) is 0 Å². The fraction of sp³-hybridized carbons (Fsp3) is 0.409. The van der Waals surface area contributed by atoms with Crippen LogP contribution in [0.1, 0.15) is 61.3 Å². The van der Waals surface area contributed by atoms with Crippen molar-refractivity contribution in [3.05, 3.63) is 47.0 Å². The van der Waals surface area contributed by atoms with Crippen LogP contribution in [-0.4, -0.2) is 37.6 Å². The molecule has 0 bridgehead atoms. The first-order valence-electron chi connectivity index (χ1n) is 9.77. The minimum Gasteiger partial charge on any atom is -0.508 e. The fourth-order valence-electron chi connectivity index (χ4n) is 3.73. The Labute approximate surface area is 168 Å². The Morgan fingerprint density at radius 2 is 1.86 bits per heavy atom. The van der Waals surface area contributed by atoms with Crippen molar-refractivity contribution in [1.29, 1.82) is 0 Å². The van der Waals surface area contributed by atoms with E-state index < -0.39 is 24.1 Å². The van der Waals surface area contributed by atoms with E-state index in [1.54, 1.807) is 6.07 Å². The molecule has 1 unspecified atom stereocenters. The molecular formula is C22H26O7. The maximum atomic E-state index is 11.8. The number of rotatable bonds is 7. The maximum absolute atomic E-state index is 11.8. The number of unbranched alkanes of at least 4 members (excludes halogenated alkanes) is 2. The molecule has 0 saturated carbocycles. The molecule has 0 fully saturated rings. The largest absolute Gasteiger partial charge is 0.508 e. The van der Waals surface area contributed by atoms with Gasteiger partial charge in [-0.25, -0.2) is 0 Å². The van der Waals surface area contributed by atoms with Crippen molar-refractivity contribution in [2.45, 2.75) is 57.2 Å². The molecule has 2 aromatic rings. The van der Waals surface area contributed by atoms with Gasteiger partial charge in [-0.2, -0.15) is 0 Å². The summed E-state index contributed by atoms with van der Waals surface area (Å²) >= 11 is 0. The average Bonchev–Trinajstić information content (AvgIpc) is 2.67. The Morgan fingerprint density at radius 3 is 2.52 bits per heavy atom. The van der Waals surface area contributed by atoms with Crippen molar-refractivity contribution >= 4 is 5.97 Å². The highest BCUT2D eigenvalue weighted by Gasteiger charge is 2.33. The first kappa shape index (κ1) is 20.8. The zero-order chi connectivity index (χ0) is 21.1. The lowest BCUT2D eigenvalue weighted by molar-refractivity contribution is -0.139. The first-order valence-corrected chi connectivity index (χ1v) is 9.77. The Morgan fingerprint density at radius 1 is 1.10 bits per heavy atom. The lowest BCUT2D eigenvalue weighted by Crippen LogP contribution is -2.30. The number of hydrogen-bond acceptors (Lipinski definition) is 6. The second-order valence-corrected chi connectivity index (χ2v) is 7.46. The van der Waals surface area contributed by atoms with Gasteiger partial charge < -0.3 is 30.3 Å². The minimum absolute atomic E-state index is 0.106. The van der Waals surface area contributed by atoms with Gasteiger partial charge in [0.2, 0.25) is 0 Å². The second-order valence-electron chi connectivity index (χ2n) is 7.46. The van der Waals surface area contributed by atoms with E-state index in [1.165, 1.54) is 24.3 Å². The van der Waals surface area contributed by atoms with Gasteiger partial charge in [-0.1, -0.05) is 32.3 Å². The summed E-state index contributed by atoms with van der Waals surface area (Å²) in [6.45, 7) is 2.04. The molecule has 156 valence electrons. The van der Waals surface area contributed by atoms with Crippen LogP contribution in [0.3, 0.4) is 0 Å². The third-order valence-electron chi connectivity index (χ3n) is 5.35. The highest BCUT2D eigenvalue weighted by Crippen LogP contribution is 2.43. The van der Waals surface area contributed by atoms with Gasteiger partial charge in [-0.05, 0) is 41.8 Å². The molecule has 5 N–H and O–H groups in total. The number of phenols is 3. The van der Waals surface area contributed by atoms with Gasteiger partial charge in [-0.15, -0.1) is 0 Å². The van der Waals surface area contributed by atoms with Crippen LogP contribution in [0, 0.1) is 0 Å². The molecule has 0 spiro atoms. The van der Waals surface area contributed by atoms with E-state index in [1.807, 2.05) is 6.92 Å². The topological polar surface area (TPSA) is 127 Å². The quantitative estimate of drug-likeness (QED) is 0.354. The molecule has 1 aliphatic heterocycles. The molecule has 1 heterocycles. The van der Waals surface area contributed by atoms with Gasteiger partial charge in [0.15, 0.2) is 11.5 Å². The monoisotopic (exact) mass is 402 g/mol. The third kappa shape index (κ3) is 4.40. The van der Waals surface area contributed by atoms with Crippen molar-refractivity contribution in [2.75, 3.05) is 0 Å². The number of phenolic OH excluding ortho intramolecular Hbond substituents is 3. The summed E-state index contributed by atoms with van der Waals surface area (Å²) in [7, 11) is 0. The number of fused-ring (bicyclic) bond motifs is 1. The lowest BCUT2D eigenvalue weighted by Gasteiger charge is -2.32. The number of aromatic hydroxyl groups is 3. The smallest absolute Gasteiger partial charge is 0.310 e. The summed E-state index contributed by atoms with van der Waals surface area (Å²) < 4.78 is 5.91. The molecule has 0 amide bonds. The van der Waals surface area contributed by atoms with Crippen molar-refractivity contribution < 1.29 is 35.1 Å². The summed E-state index contributed by atoms with van der Waals surface area (Å²) in [4.78, 5) is 11.8. The molecule has 29 heavy (non-hydrogen) atoms. The second kappa shape index (κ2) is 8.61. The van der Waals surface area contributed by atoms with E-state index in [0.29, 0.717) is 28.9 Å². The Bertz CT molecular complexity index is 893. The Balaban J connectivity index is 1.93. The molecule has 0 aliphatic carbocycles. The van der Waals surface area contributed by atoms with Crippen molar-refractivity contribution in [3.63, 3.8) is 0 Å². The predicted molar refractivity (Wildman–Crippen MR) is 105 cm³/mol. The number of aliphatic carboxylic acids is 1. The van der Waals surface area contributed by atoms with E-state index in [2.05, 4.69) is 0 Å². The van der Waals surface area contributed by atoms with E-state index in [4.69, 9.17) is 4.74 Å². The molecule has 1 aliphatic rings. The number of carboxylic acid groups (broad SMARTS) is 1. The zero-order valence-electron chi connectivity index (χ0n) is 16.2. The Kier molecular flexibility index (Phi) is 6.17. The van der Waals surface area contributed by atoms with Crippen LogP contribution >= 0.6 is 0 Å². The van der Waals surface area contributed by atoms with E-state index in [0.717, 1.165) is 19.3 Å². The highest BCUT2D eigenvalue weighted by molar-refractivity contribution is 5.76. The van der Waals surface area contributed by atoms with E-state index in [9.17, 15) is 30.3 Å². The summed E-state index contributed by atoms with van der Waals surface area (Å²) in [6.07, 6.45) is 1.43. The minimum atomic E-state index is -0.983. The van der Waals surface area contributed by atoms with Gasteiger partial charge in [0.05, 0.1) is 12.0 Å². The third-order valence-corrected chi connectivity index (χ3v) is 5.35. The maximum Gasteiger partial charge on any atom is 0.310 e. The number of aliphatic hydroxyl groups is 1. The van der Waals surface area contributed by atoms with E-state index >= 15 is 0 Å². The van der Waals surface area contributed by atoms with E-state index in [-0.39, 0.29) is 23.7 Å².